The summed E-state index contributed by atoms with van der Waals surface area (Å²) in [4.78, 5) is 11.1. The van der Waals surface area contributed by atoms with Crippen molar-refractivity contribution in [1.29, 1.82) is 0 Å². The standard InChI is InChI=1S/C21H17F6NO3/c1-2-3-12-5-6-13(9-15(12)20(22,23)24)28-10-11-4-7-14-16(8-11)31-18(19(29)30)17(14)21(25,26)27/h4-9,28H,2-3,10H2,1H3,(H,29,30). The van der Waals surface area contributed by atoms with E-state index < -0.39 is 40.6 Å². The molecule has 1 heterocycles. The first-order valence-electron chi connectivity index (χ1n) is 9.21. The average Bonchev–Trinajstić information content (AvgIpc) is 3.06. The Kier molecular flexibility index (Phi) is 5.93. The Bertz CT molecular complexity index is 1110. The molecule has 0 amide bonds. The second-order valence-corrected chi connectivity index (χ2v) is 6.91. The molecule has 2 N–H and O–H groups in total. The minimum Gasteiger partial charge on any atom is -0.475 e. The highest BCUT2D eigenvalue weighted by Crippen LogP contribution is 2.40. The predicted molar refractivity (Wildman–Crippen MR) is 101 cm³/mol. The van der Waals surface area contributed by atoms with Gasteiger partial charge in [-0.15, -0.1) is 0 Å². The molecular weight excluding hydrogens is 428 g/mol. The number of carbonyl (C=O) groups is 1. The lowest BCUT2D eigenvalue weighted by Gasteiger charge is -2.15. The van der Waals surface area contributed by atoms with Gasteiger partial charge >= 0.3 is 18.3 Å². The fourth-order valence-corrected chi connectivity index (χ4v) is 3.32. The second kappa shape index (κ2) is 8.16. The molecule has 0 fully saturated rings. The maximum atomic E-state index is 13.3. The summed E-state index contributed by atoms with van der Waals surface area (Å²) in [7, 11) is 0. The van der Waals surface area contributed by atoms with Crippen LogP contribution in [-0.2, 0) is 25.3 Å². The summed E-state index contributed by atoms with van der Waals surface area (Å²) in [5, 5.41) is 11.4. The van der Waals surface area contributed by atoms with Gasteiger partial charge in [-0.25, -0.2) is 4.79 Å². The van der Waals surface area contributed by atoms with E-state index in [2.05, 4.69) is 5.32 Å². The van der Waals surface area contributed by atoms with Crippen LogP contribution in [0.25, 0.3) is 11.0 Å². The van der Waals surface area contributed by atoms with Crippen LogP contribution in [0.15, 0.2) is 40.8 Å². The number of furan rings is 1. The van der Waals surface area contributed by atoms with Crippen molar-refractivity contribution in [2.45, 2.75) is 38.7 Å². The third kappa shape index (κ3) is 4.78. The summed E-state index contributed by atoms with van der Waals surface area (Å²) < 4.78 is 84.5. The summed E-state index contributed by atoms with van der Waals surface area (Å²) >= 11 is 0. The van der Waals surface area contributed by atoms with Gasteiger partial charge in [0.2, 0.25) is 5.76 Å². The normalized spacial score (nSPS) is 12.4. The van der Waals surface area contributed by atoms with Gasteiger partial charge in [0, 0.05) is 17.6 Å². The Morgan fingerprint density at radius 3 is 2.32 bits per heavy atom. The summed E-state index contributed by atoms with van der Waals surface area (Å²) in [5.41, 5.74) is -1.64. The Hall–Kier alpha value is -3.17. The number of carboxylic acids is 1. The van der Waals surface area contributed by atoms with E-state index in [9.17, 15) is 31.1 Å². The number of hydrogen-bond donors (Lipinski definition) is 2. The van der Waals surface area contributed by atoms with Crippen molar-refractivity contribution in [2.24, 2.45) is 0 Å². The number of alkyl halides is 6. The van der Waals surface area contributed by atoms with Crippen LogP contribution >= 0.6 is 0 Å². The number of halogens is 6. The highest BCUT2D eigenvalue weighted by Gasteiger charge is 2.40. The van der Waals surface area contributed by atoms with E-state index >= 15 is 0 Å². The number of anilines is 1. The third-order valence-corrected chi connectivity index (χ3v) is 4.66. The van der Waals surface area contributed by atoms with Crippen molar-refractivity contribution >= 4 is 22.6 Å². The molecule has 0 aliphatic heterocycles. The van der Waals surface area contributed by atoms with Crippen molar-refractivity contribution in [1.82, 2.24) is 0 Å². The van der Waals surface area contributed by atoms with Gasteiger partial charge in [-0.1, -0.05) is 31.5 Å². The Labute approximate surface area is 172 Å². The molecule has 0 aliphatic carbocycles. The summed E-state index contributed by atoms with van der Waals surface area (Å²) in [6, 6.07) is 7.49. The van der Waals surface area contributed by atoms with Crippen LogP contribution in [0, 0.1) is 0 Å². The smallest absolute Gasteiger partial charge is 0.420 e. The largest absolute Gasteiger partial charge is 0.475 e. The SMILES string of the molecule is CCCc1ccc(NCc2ccc3c(C(F)(F)F)c(C(=O)O)oc3c2)cc1C(F)(F)F. The molecule has 0 bridgehead atoms. The fourth-order valence-electron chi connectivity index (χ4n) is 3.32. The first kappa shape index (κ1) is 22.5. The molecule has 0 radical (unpaired) electrons. The van der Waals surface area contributed by atoms with E-state index in [4.69, 9.17) is 9.52 Å². The van der Waals surface area contributed by atoms with E-state index in [1.807, 2.05) is 0 Å². The van der Waals surface area contributed by atoms with Crippen molar-refractivity contribution < 1.29 is 40.7 Å². The first-order valence-corrected chi connectivity index (χ1v) is 9.21. The molecular formula is C21H17F6NO3. The molecule has 0 saturated heterocycles. The van der Waals surface area contributed by atoms with Crippen LogP contribution < -0.4 is 5.32 Å². The molecule has 0 aliphatic rings. The second-order valence-electron chi connectivity index (χ2n) is 6.91. The number of fused-ring (bicyclic) bond motifs is 1. The maximum Gasteiger partial charge on any atom is 0.420 e. The molecule has 2 aromatic carbocycles. The minimum atomic E-state index is -4.92. The van der Waals surface area contributed by atoms with E-state index in [1.54, 1.807) is 6.92 Å². The lowest BCUT2D eigenvalue weighted by molar-refractivity contribution is -0.138. The van der Waals surface area contributed by atoms with E-state index in [-0.39, 0.29) is 29.8 Å². The molecule has 1 aromatic heterocycles. The quantitative estimate of drug-likeness (QED) is 0.413. The lowest BCUT2D eigenvalue weighted by atomic mass is 10.0. The molecule has 31 heavy (non-hydrogen) atoms. The Morgan fingerprint density at radius 2 is 1.74 bits per heavy atom. The molecule has 0 atom stereocenters. The van der Waals surface area contributed by atoms with Crippen molar-refractivity contribution in [3.05, 3.63) is 64.4 Å². The molecule has 3 aromatic rings. The van der Waals surface area contributed by atoms with Crippen LogP contribution in [0.1, 0.15) is 46.2 Å². The van der Waals surface area contributed by atoms with E-state index in [0.29, 0.717) is 12.0 Å². The van der Waals surface area contributed by atoms with Gasteiger partial charge in [-0.05, 0) is 35.7 Å². The number of rotatable bonds is 6. The zero-order valence-corrected chi connectivity index (χ0v) is 16.1. The van der Waals surface area contributed by atoms with Crippen LogP contribution in [0.5, 0.6) is 0 Å². The van der Waals surface area contributed by atoms with E-state index in [0.717, 1.165) is 12.1 Å². The van der Waals surface area contributed by atoms with Gasteiger partial charge in [0.1, 0.15) is 11.1 Å². The zero-order chi connectivity index (χ0) is 23.0. The molecule has 0 spiro atoms. The molecule has 3 rings (SSSR count). The van der Waals surface area contributed by atoms with Crippen LogP contribution in [0.4, 0.5) is 32.0 Å². The van der Waals surface area contributed by atoms with Gasteiger partial charge in [0.25, 0.3) is 0 Å². The molecule has 10 heteroatoms. The Balaban J connectivity index is 1.89. The van der Waals surface area contributed by atoms with Crippen molar-refractivity contribution in [3.8, 4) is 0 Å². The van der Waals surface area contributed by atoms with E-state index in [1.165, 1.54) is 24.3 Å². The molecule has 166 valence electrons. The van der Waals surface area contributed by atoms with Gasteiger partial charge in [0.05, 0.1) is 5.56 Å². The van der Waals surface area contributed by atoms with Gasteiger partial charge < -0.3 is 14.8 Å². The molecule has 0 unspecified atom stereocenters. The van der Waals surface area contributed by atoms with Crippen LogP contribution in [-0.4, -0.2) is 11.1 Å². The van der Waals surface area contributed by atoms with Gasteiger partial charge in [-0.2, -0.15) is 26.3 Å². The number of hydrogen-bond acceptors (Lipinski definition) is 3. The highest BCUT2D eigenvalue weighted by molar-refractivity contribution is 5.95. The number of aryl methyl sites for hydroxylation is 1. The summed E-state index contributed by atoms with van der Waals surface area (Å²) in [6.45, 7) is 1.77. The minimum absolute atomic E-state index is 0.00911. The fraction of sp³-hybridized carbons (Fsp3) is 0.286. The number of benzene rings is 2. The van der Waals surface area contributed by atoms with Crippen LogP contribution in [0.3, 0.4) is 0 Å². The molecule has 0 saturated carbocycles. The van der Waals surface area contributed by atoms with Gasteiger partial charge in [0.15, 0.2) is 0 Å². The van der Waals surface area contributed by atoms with Crippen LogP contribution in [0.2, 0.25) is 0 Å². The number of aromatic carboxylic acids is 1. The lowest BCUT2D eigenvalue weighted by Crippen LogP contribution is -2.11. The summed E-state index contributed by atoms with van der Waals surface area (Å²) in [5.74, 6) is -3.07. The van der Waals surface area contributed by atoms with Crippen molar-refractivity contribution in [2.75, 3.05) is 5.32 Å². The monoisotopic (exact) mass is 445 g/mol. The highest BCUT2D eigenvalue weighted by atomic mass is 19.4. The molecule has 4 nitrogen and oxygen atoms in total. The zero-order valence-electron chi connectivity index (χ0n) is 16.1. The number of carboxylic acid groups (broad SMARTS) is 1. The predicted octanol–water partition coefficient (Wildman–Crippen LogP) is 6.73. The van der Waals surface area contributed by atoms with Crippen molar-refractivity contribution in [3.63, 3.8) is 0 Å². The Morgan fingerprint density at radius 1 is 1.03 bits per heavy atom. The average molecular weight is 445 g/mol. The number of nitrogens with one attached hydrogen (secondary N) is 1. The van der Waals surface area contributed by atoms with Gasteiger partial charge in [-0.3, -0.25) is 0 Å². The maximum absolute atomic E-state index is 13.3. The summed E-state index contributed by atoms with van der Waals surface area (Å²) in [6.07, 6.45) is -8.61. The topological polar surface area (TPSA) is 62.5 Å². The third-order valence-electron chi connectivity index (χ3n) is 4.66. The first-order chi connectivity index (χ1) is 14.4.